The van der Waals surface area contributed by atoms with E-state index in [4.69, 9.17) is 5.73 Å². The van der Waals surface area contributed by atoms with Crippen LogP contribution in [-0.2, 0) is 6.42 Å². The van der Waals surface area contributed by atoms with Crippen molar-refractivity contribution in [2.45, 2.75) is 6.42 Å². The molecule has 0 saturated heterocycles. The fraction of sp³-hybridized carbons (Fsp3) is 0.125. The lowest BCUT2D eigenvalue weighted by molar-refractivity contribution is 0.901. The van der Waals surface area contributed by atoms with Crippen molar-refractivity contribution < 1.29 is 0 Å². The summed E-state index contributed by atoms with van der Waals surface area (Å²) in [6, 6.07) is 15.6. The average Bonchev–Trinajstić information content (AvgIpc) is 2.96. The van der Waals surface area contributed by atoms with Crippen LogP contribution in [0, 0.1) is 0 Å². The highest BCUT2D eigenvalue weighted by atomic mass is 79.9. The van der Waals surface area contributed by atoms with Crippen LogP contribution in [0.15, 0.2) is 53.0 Å². The van der Waals surface area contributed by atoms with Crippen LogP contribution in [0.3, 0.4) is 0 Å². The largest absolute Gasteiger partial charge is 0.399 e. The number of halogens is 1. The molecule has 0 radical (unpaired) electrons. The van der Waals surface area contributed by atoms with Crippen LogP contribution in [0.5, 0.6) is 0 Å². The van der Waals surface area contributed by atoms with Crippen LogP contribution in [0.2, 0.25) is 0 Å². The summed E-state index contributed by atoms with van der Waals surface area (Å²) in [5.74, 6) is 1.52. The number of benzene rings is 2. The van der Waals surface area contributed by atoms with Gasteiger partial charge in [-0.25, -0.2) is 4.98 Å². The average molecular weight is 358 g/mol. The zero-order chi connectivity index (χ0) is 15.4. The van der Waals surface area contributed by atoms with Crippen LogP contribution in [0.4, 0.5) is 11.4 Å². The fourth-order valence-corrected chi connectivity index (χ4v) is 2.54. The number of H-pyrrole nitrogens is 1. The standard InChI is InChI=1S/C16H16BrN5/c17-12-4-2-6-14(10-12)19-8-7-15-20-16(22-21-15)11-3-1-5-13(18)9-11/h1-6,9-10,19H,7-8,18H2,(H,20,21,22). The number of aromatic nitrogens is 3. The minimum Gasteiger partial charge on any atom is -0.399 e. The van der Waals surface area contributed by atoms with Crippen molar-refractivity contribution >= 4 is 27.3 Å². The Labute approximate surface area is 137 Å². The van der Waals surface area contributed by atoms with Gasteiger partial charge in [0.05, 0.1) is 0 Å². The minimum atomic E-state index is 0.671. The van der Waals surface area contributed by atoms with Gasteiger partial charge >= 0.3 is 0 Å². The van der Waals surface area contributed by atoms with E-state index >= 15 is 0 Å². The van der Waals surface area contributed by atoms with Gasteiger partial charge in [-0.3, -0.25) is 5.10 Å². The van der Waals surface area contributed by atoms with Gasteiger partial charge in [-0.15, -0.1) is 0 Å². The Hall–Kier alpha value is -2.34. The first-order chi connectivity index (χ1) is 10.7. The molecule has 0 aliphatic heterocycles. The summed E-state index contributed by atoms with van der Waals surface area (Å²) in [6.45, 7) is 0.780. The second-order valence-electron chi connectivity index (χ2n) is 4.92. The maximum Gasteiger partial charge on any atom is 0.181 e. The third-order valence-electron chi connectivity index (χ3n) is 3.19. The van der Waals surface area contributed by atoms with E-state index in [1.807, 2.05) is 48.5 Å². The summed E-state index contributed by atoms with van der Waals surface area (Å²) in [7, 11) is 0. The van der Waals surface area contributed by atoms with E-state index in [1.165, 1.54) is 0 Å². The monoisotopic (exact) mass is 357 g/mol. The smallest absolute Gasteiger partial charge is 0.181 e. The summed E-state index contributed by atoms with van der Waals surface area (Å²) < 4.78 is 1.06. The minimum absolute atomic E-state index is 0.671. The predicted molar refractivity (Wildman–Crippen MR) is 92.6 cm³/mol. The molecule has 0 saturated carbocycles. The summed E-state index contributed by atoms with van der Waals surface area (Å²) in [4.78, 5) is 4.50. The number of hydrogen-bond donors (Lipinski definition) is 3. The molecule has 0 atom stereocenters. The number of nitrogens with two attached hydrogens (primary N) is 1. The molecule has 0 aliphatic carbocycles. The third kappa shape index (κ3) is 3.65. The number of rotatable bonds is 5. The first kappa shape index (κ1) is 14.6. The van der Waals surface area contributed by atoms with Gasteiger partial charge in [0.25, 0.3) is 0 Å². The van der Waals surface area contributed by atoms with Crippen molar-refractivity contribution in [1.82, 2.24) is 15.2 Å². The van der Waals surface area contributed by atoms with E-state index in [-0.39, 0.29) is 0 Å². The SMILES string of the molecule is Nc1cccc(-c2n[nH]c(CCNc3cccc(Br)c3)n2)c1. The van der Waals surface area contributed by atoms with Crippen molar-refractivity contribution in [2.24, 2.45) is 0 Å². The van der Waals surface area contributed by atoms with Crippen molar-refractivity contribution in [3.05, 3.63) is 58.8 Å². The lowest BCUT2D eigenvalue weighted by Gasteiger charge is -2.04. The van der Waals surface area contributed by atoms with Crippen molar-refractivity contribution in [3.63, 3.8) is 0 Å². The number of nitrogens with zero attached hydrogens (tertiary/aromatic N) is 2. The first-order valence-electron chi connectivity index (χ1n) is 6.97. The van der Waals surface area contributed by atoms with Gasteiger partial charge in [-0.2, -0.15) is 5.10 Å². The molecular weight excluding hydrogens is 342 g/mol. The summed E-state index contributed by atoms with van der Waals surface area (Å²) in [5.41, 5.74) is 8.48. The first-order valence-corrected chi connectivity index (χ1v) is 7.76. The van der Waals surface area contributed by atoms with E-state index < -0.39 is 0 Å². The molecule has 1 heterocycles. The summed E-state index contributed by atoms with van der Waals surface area (Å²) in [6.07, 6.45) is 0.766. The number of aromatic amines is 1. The second-order valence-corrected chi connectivity index (χ2v) is 5.83. The van der Waals surface area contributed by atoms with Gasteiger partial charge in [0.2, 0.25) is 0 Å². The van der Waals surface area contributed by atoms with E-state index in [0.717, 1.165) is 34.5 Å². The highest BCUT2D eigenvalue weighted by molar-refractivity contribution is 9.10. The fourth-order valence-electron chi connectivity index (χ4n) is 2.14. The topological polar surface area (TPSA) is 79.6 Å². The molecule has 2 aromatic carbocycles. The second kappa shape index (κ2) is 6.62. The third-order valence-corrected chi connectivity index (χ3v) is 3.69. The van der Waals surface area contributed by atoms with Crippen molar-refractivity contribution in [1.29, 1.82) is 0 Å². The Balaban J connectivity index is 1.60. The maximum atomic E-state index is 5.78. The maximum absolute atomic E-state index is 5.78. The highest BCUT2D eigenvalue weighted by Gasteiger charge is 2.06. The number of nitrogens with one attached hydrogen (secondary N) is 2. The molecule has 0 amide bonds. The lowest BCUT2D eigenvalue weighted by atomic mass is 10.2. The Bertz CT molecular complexity index is 768. The van der Waals surface area contributed by atoms with Gasteiger partial charge in [0, 0.05) is 34.4 Å². The molecule has 0 aliphatic rings. The van der Waals surface area contributed by atoms with E-state index in [2.05, 4.69) is 36.4 Å². The number of hydrogen-bond acceptors (Lipinski definition) is 4. The molecule has 4 N–H and O–H groups in total. The van der Waals surface area contributed by atoms with E-state index in [0.29, 0.717) is 11.5 Å². The highest BCUT2D eigenvalue weighted by Crippen LogP contribution is 2.18. The quantitative estimate of drug-likeness (QED) is 0.610. The Kier molecular flexibility index (Phi) is 4.39. The molecule has 1 aromatic heterocycles. The van der Waals surface area contributed by atoms with Gasteiger partial charge in [0.1, 0.15) is 5.82 Å². The molecule has 3 aromatic rings. The van der Waals surface area contributed by atoms with Crippen LogP contribution in [0.1, 0.15) is 5.82 Å². The van der Waals surface area contributed by atoms with Gasteiger partial charge < -0.3 is 11.1 Å². The molecule has 112 valence electrons. The molecular formula is C16H16BrN5. The van der Waals surface area contributed by atoms with Crippen LogP contribution in [-0.4, -0.2) is 21.7 Å². The van der Waals surface area contributed by atoms with Crippen molar-refractivity contribution in [2.75, 3.05) is 17.6 Å². The van der Waals surface area contributed by atoms with Gasteiger partial charge in [-0.1, -0.05) is 34.1 Å². The Morgan fingerprint density at radius 2 is 2.00 bits per heavy atom. The lowest BCUT2D eigenvalue weighted by Crippen LogP contribution is -2.05. The van der Waals surface area contributed by atoms with Crippen LogP contribution >= 0.6 is 15.9 Å². The molecule has 0 bridgehead atoms. The summed E-state index contributed by atoms with van der Waals surface area (Å²) in [5, 5.41) is 10.6. The molecule has 22 heavy (non-hydrogen) atoms. The predicted octanol–water partition coefficient (Wildman–Crippen LogP) is 3.47. The van der Waals surface area contributed by atoms with E-state index in [1.54, 1.807) is 0 Å². The molecule has 5 nitrogen and oxygen atoms in total. The molecule has 3 rings (SSSR count). The Morgan fingerprint density at radius 1 is 1.14 bits per heavy atom. The molecule has 0 unspecified atom stereocenters. The van der Waals surface area contributed by atoms with Gasteiger partial charge in [0.15, 0.2) is 5.82 Å². The van der Waals surface area contributed by atoms with Gasteiger partial charge in [-0.05, 0) is 30.3 Å². The zero-order valence-corrected chi connectivity index (χ0v) is 13.5. The molecule has 0 fully saturated rings. The zero-order valence-electron chi connectivity index (χ0n) is 11.9. The summed E-state index contributed by atoms with van der Waals surface area (Å²) >= 11 is 3.46. The molecule has 6 heteroatoms. The van der Waals surface area contributed by atoms with Crippen LogP contribution < -0.4 is 11.1 Å². The van der Waals surface area contributed by atoms with Crippen LogP contribution in [0.25, 0.3) is 11.4 Å². The number of anilines is 2. The molecule has 0 spiro atoms. The van der Waals surface area contributed by atoms with Crippen molar-refractivity contribution in [3.8, 4) is 11.4 Å². The number of nitrogen functional groups attached to an aromatic ring is 1. The van der Waals surface area contributed by atoms with E-state index in [9.17, 15) is 0 Å². The normalized spacial score (nSPS) is 10.6. The Morgan fingerprint density at radius 3 is 2.82 bits per heavy atom.